The minimum Gasteiger partial charge on any atom is -0.409 e. The van der Waals surface area contributed by atoms with Crippen molar-refractivity contribution < 1.29 is 10.0 Å². The monoisotopic (exact) mass is 278 g/mol. The van der Waals surface area contributed by atoms with Gasteiger partial charge in [0.15, 0.2) is 0 Å². The average Bonchev–Trinajstić information content (AvgIpc) is 2.37. The standard InChI is InChI=1S/C14H22N4O2/c1-14(2,9-13(16)19)17-11(8-12(15)18-20)10-6-4-3-5-7-10/h3-7,11,17,20H,8-9H2,1-2H3,(H2,15,18)(H2,16,19). The summed E-state index contributed by atoms with van der Waals surface area (Å²) in [5, 5.41) is 15.1. The predicted molar refractivity (Wildman–Crippen MR) is 78.2 cm³/mol. The van der Waals surface area contributed by atoms with Crippen molar-refractivity contribution in [2.75, 3.05) is 0 Å². The topological polar surface area (TPSA) is 114 Å². The highest BCUT2D eigenvalue weighted by Gasteiger charge is 2.25. The molecule has 1 rings (SSSR count). The molecule has 1 unspecified atom stereocenters. The van der Waals surface area contributed by atoms with Crippen LogP contribution in [-0.4, -0.2) is 22.5 Å². The summed E-state index contributed by atoms with van der Waals surface area (Å²) < 4.78 is 0. The van der Waals surface area contributed by atoms with Crippen LogP contribution in [0.1, 0.15) is 38.3 Å². The summed E-state index contributed by atoms with van der Waals surface area (Å²) in [7, 11) is 0. The summed E-state index contributed by atoms with van der Waals surface area (Å²) in [6.07, 6.45) is 0.537. The first-order valence-electron chi connectivity index (χ1n) is 6.41. The maximum Gasteiger partial charge on any atom is 0.219 e. The Balaban J connectivity index is 2.91. The lowest BCUT2D eigenvalue weighted by Gasteiger charge is -2.31. The van der Waals surface area contributed by atoms with Gasteiger partial charge in [0.2, 0.25) is 5.91 Å². The largest absolute Gasteiger partial charge is 0.409 e. The third-order valence-electron chi connectivity index (χ3n) is 2.92. The Hall–Kier alpha value is -2.08. The number of amides is 1. The van der Waals surface area contributed by atoms with Crippen LogP contribution in [0.2, 0.25) is 0 Å². The van der Waals surface area contributed by atoms with Gasteiger partial charge >= 0.3 is 0 Å². The van der Waals surface area contributed by atoms with Crippen molar-refractivity contribution in [1.82, 2.24) is 5.32 Å². The molecule has 0 aromatic heterocycles. The SMILES string of the molecule is CC(C)(CC(N)=O)NC(C/C(N)=N/O)c1ccccc1. The zero-order chi connectivity index (χ0) is 15.2. The van der Waals surface area contributed by atoms with Gasteiger partial charge in [-0.1, -0.05) is 35.5 Å². The molecular weight excluding hydrogens is 256 g/mol. The van der Waals surface area contributed by atoms with E-state index in [-0.39, 0.29) is 24.2 Å². The third kappa shape index (κ3) is 5.27. The quantitative estimate of drug-likeness (QED) is 0.259. The summed E-state index contributed by atoms with van der Waals surface area (Å²) in [6.45, 7) is 3.78. The van der Waals surface area contributed by atoms with E-state index in [0.29, 0.717) is 6.42 Å². The molecule has 0 aliphatic carbocycles. The number of benzene rings is 1. The van der Waals surface area contributed by atoms with Crippen molar-refractivity contribution in [3.8, 4) is 0 Å². The lowest BCUT2D eigenvalue weighted by molar-refractivity contribution is -0.119. The molecule has 0 heterocycles. The van der Waals surface area contributed by atoms with Gasteiger partial charge in [0.1, 0.15) is 5.84 Å². The molecule has 0 aliphatic rings. The van der Waals surface area contributed by atoms with Gasteiger partial charge in [-0.25, -0.2) is 0 Å². The molecule has 110 valence electrons. The van der Waals surface area contributed by atoms with E-state index in [2.05, 4.69) is 10.5 Å². The van der Waals surface area contributed by atoms with Gasteiger partial charge in [-0.2, -0.15) is 0 Å². The van der Waals surface area contributed by atoms with Crippen LogP contribution >= 0.6 is 0 Å². The number of amidine groups is 1. The minimum absolute atomic E-state index is 0.126. The number of hydrogen-bond acceptors (Lipinski definition) is 4. The summed E-state index contributed by atoms with van der Waals surface area (Å²) in [5.41, 5.74) is 11.4. The highest BCUT2D eigenvalue weighted by Crippen LogP contribution is 2.21. The van der Waals surface area contributed by atoms with Crippen LogP contribution in [0.5, 0.6) is 0 Å². The molecule has 1 aromatic rings. The van der Waals surface area contributed by atoms with E-state index >= 15 is 0 Å². The van der Waals surface area contributed by atoms with Crippen LogP contribution in [0.15, 0.2) is 35.5 Å². The first-order chi connectivity index (χ1) is 9.34. The van der Waals surface area contributed by atoms with E-state index in [1.165, 1.54) is 0 Å². The van der Waals surface area contributed by atoms with E-state index in [9.17, 15) is 4.79 Å². The van der Waals surface area contributed by atoms with Gasteiger partial charge in [-0.05, 0) is 19.4 Å². The van der Waals surface area contributed by atoms with Crippen molar-refractivity contribution in [1.29, 1.82) is 0 Å². The number of carbonyl (C=O) groups excluding carboxylic acids is 1. The molecule has 0 saturated carbocycles. The Bertz CT molecular complexity index is 471. The molecule has 0 radical (unpaired) electrons. The van der Waals surface area contributed by atoms with Crippen LogP contribution < -0.4 is 16.8 Å². The fourth-order valence-corrected chi connectivity index (χ4v) is 2.15. The second-order valence-corrected chi connectivity index (χ2v) is 5.43. The summed E-state index contributed by atoms with van der Waals surface area (Å²) in [5.74, 6) is -0.251. The van der Waals surface area contributed by atoms with Crippen LogP contribution in [-0.2, 0) is 4.79 Å². The second kappa shape index (κ2) is 6.91. The maximum absolute atomic E-state index is 11.1. The molecule has 6 nitrogen and oxygen atoms in total. The zero-order valence-corrected chi connectivity index (χ0v) is 11.8. The number of rotatable bonds is 7. The van der Waals surface area contributed by atoms with Crippen LogP contribution in [0.3, 0.4) is 0 Å². The lowest BCUT2D eigenvalue weighted by atomic mass is 9.95. The van der Waals surface area contributed by atoms with Gasteiger partial charge in [-0.15, -0.1) is 0 Å². The second-order valence-electron chi connectivity index (χ2n) is 5.43. The lowest BCUT2D eigenvalue weighted by Crippen LogP contribution is -2.45. The van der Waals surface area contributed by atoms with Crippen molar-refractivity contribution in [3.63, 3.8) is 0 Å². The molecule has 0 spiro atoms. The molecule has 0 aliphatic heterocycles. The number of oxime groups is 1. The maximum atomic E-state index is 11.1. The molecule has 1 aromatic carbocycles. The van der Waals surface area contributed by atoms with Gasteiger partial charge in [0.05, 0.1) is 0 Å². The van der Waals surface area contributed by atoms with Crippen LogP contribution in [0.4, 0.5) is 0 Å². The first-order valence-corrected chi connectivity index (χ1v) is 6.41. The minimum atomic E-state index is -0.484. The molecule has 20 heavy (non-hydrogen) atoms. The fraction of sp³-hybridized carbons (Fsp3) is 0.429. The van der Waals surface area contributed by atoms with Gasteiger partial charge < -0.3 is 22.0 Å². The summed E-state index contributed by atoms with van der Waals surface area (Å²) >= 11 is 0. The molecule has 1 atom stereocenters. The number of nitrogens with two attached hydrogens (primary N) is 2. The Kier molecular flexibility index (Phi) is 5.52. The molecule has 0 bridgehead atoms. The van der Waals surface area contributed by atoms with E-state index in [4.69, 9.17) is 16.7 Å². The Labute approximate surface area is 118 Å². The molecule has 0 saturated heterocycles. The average molecular weight is 278 g/mol. The number of nitrogens with zero attached hydrogens (tertiary/aromatic N) is 1. The van der Waals surface area contributed by atoms with Crippen molar-refractivity contribution in [2.45, 2.75) is 38.3 Å². The van der Waals surface area contributed by atoms with Gasteiger partial charge in [-0.3, -0.25) is 4.79 Å². The third-order valence-corrected chi connectivity index (χ3v) is 2.92. The van der Waals surface area contributed by atoms with Gasteiger partial charge in [0, 0.05) is 24.4 Å². The number of hydrogen-bond donors (Lipinski definition) is 4. The smallest absolute Gasteiger partial charge is 0.219 e. The Morgan fingerprint density at radius 1 is 1.35 bits per heavy atom. The summed E-state index contributed by atoms with van der Waals surface area (Å²) in [4.78, 5) is 11.1. The molecule has 6 heteroatoms. The zero-order valence-electron chi connectivity index (χ0n) is 11.8. The number of nitrogens with one attached hydrogen (secondary N) is 1. The Morgan fingerprint density at radius 2 is 1.95 bits per heavy atom. The van der Waals surface area contributed by atoms with Crippen molar-refractivity contribution in [3.05, 3.63) is 35.9 Å². The van der Waals surface area contributed by atoms with Gasteiger partial charge in [0.25, 0.3) is 0 Å². The van der Waals surface area contributed by atoms with Crippen LogP contribution in [0, 0.1) is 0 Å². The molecule has 1 amide bonds. The molecular formula is C14H22N4O2. The van der Waals surface area contributed by atoms with E-state index in [1.54, 1.807) is 0 Å². The van der Waals surface area contributed by atoms with E-state index in [1.807, 2.05) is 44.2 Å². The van der Waals surface area contributed by atoms with E-state index in [0.717, 1.165) is 5.56 Å². The number of primary amides is 1. The summed E-state index contributed by atoms with van der Waals surface area (Å²) in [6, 6.07) is 9.47. The van der Waals surface area contributed by atoms with Crippen LogP contribution in [0.25, 0.3) is 0 Å². The highest BCUT2D eigenvalue weighted by molar-refractivity contribution is 5.80. The van der Waals surface area contributed by atoms with E-state index < -0.39 is 5.54 Å². The molecule has 0 fully saturated rings. The Morgan fingerprint density at radius 3 is 2.45 bits per heavy atom. The highest BCUT2D eigenvalue weighted by atomic mass is 16.4. The normalized spacial score (nSPS) is 14.0. The predicted octanol–water partition coefficient (Wildman–Crippen LogP) is 1.11. The first kappa shape index (κ1) is 16.0. The molecule has 6 N–H and O–H groups in total. The van der Waals surface area contributed by atoms with Crippen molar-refractivity contribution in [2.24, 2.45) is 16.6 Å². The fourth-order valence-electron chi connectivity index (χ4n) is 2.15. The van der Waals surface area contributed by atoms with Crippen molar-refractivity contribution >= 4 is 11.7 Å². The number of carbonyl (C=O) groups is 1.